The second-order valence-corrected chi connectivity index (χ2v) is 3.16. The fourth-order valence-electron chi connectivity index (χ4n) is 0.978. The second kappa shape index (κ2) is 4.16. The van der Waals surface area contributed by atoms with Crippen molar-refractivity contribution in [2.75, 3.05) is 0 Å². The molecule has 0 N–H and O–H groups in total. The van der Waals surface area contributed by atoms with Gasteiger partial charge in [0.15, 0.2) is 0 Å². The molecule has 45 valence electrons. The van der Waals surface area contributed by atoms with E-state index in [4.69, 9.17) is 0 Å². The Balaban J connectivity index is 0.000000640. The van der Waals surface area contributed by atoms with E-state index in [1.165, 1.54) is 21.9 Å². The van der Waals surface area contributed by atoms with E-state index in [0.717, 1.165) is 5.92 Å². The van der Waals surface area contributed by atoms with Crippen molar-refractivity contribution >= 4 is 29.1 Å². The van der Waals surface area contributed by atoms with E-state index in [1.807, 2.05) is 0 Å². The molecule has 0 amide bonds. The minimum absolute atomic E-state index is 0. The fourth-order valence-corrected chi connectivity index (χ4v) is 1.49. The average molecular weight is 131 g/mol. The summed E-state index contributed by atoms with van der Waals surface area (Å²) in [6, 6.07) is 1.38. The minimum Gasteiger partial charge on any atom is -0.0777 e. The Morgan fingerprint density at radius 3 is 2.56 bits per heavy atom. The smallest absolute Gasteiger partial charge is 0.00394 e. The van der Waals surface area contributed by atoms with E-state index in [9.17, 15) is 0 Å². The van der Waals surface area contributed by atoms with Crippen LogP contribution in [0.15, 0.2) is 23.8 Å². The molecular formula is C7H12LiSi. The molecule has 0 spiro atoms. The molecule has 0 aromatic rings. The Morgan fingerprint density at radius 1 is 1.67 bits per heavy atom. The number of hydrogen-bond donors (Lipinski definition) is 0. The summed E-state index contributed by atoms with van der Waals surface area (Å²) in [7, 11) is 1.33. The molecular weight excluding hydrogens is 119 g/mol. The quantitative estimate of drug-likeness (QED) is 0.455. The summed E-state index contributed by atoms with van der Waals surface area (Å²) in [4.78, 5) is 0. The Kier molecular flexibility index (Phi) is 4.30. The maximum atomic E-state index is 2.34. The first kappa shape index (κ1) is 9.29. The minimum atomic E-state index is 0. The van der Waals surface area contributed by atoms with Gasteiger partial charge in [0, 0.05) is 29.1 Å². The molecule has 9 heavy (non-hydrogen) atoms. The van der Waals surface area contributed by atoms with Crippen LogP contribution in [0, 0.1) is 5.92 Å². The molecule has 0 aromatic carbocycles. The van der Waals surface area contributed by atoms with E-state index in [1.54, 1.807) is 0 Å². The Hall–Kier alpha value is 0.294. The van der Waals surface area contributed by atoms with Crippen LogP contribution < -0.4 is 0 Å². The van der Waals surface area contributed by atoms with Crippen molar-refractivity contribution in [3.63, 3.8) is 0 Å². The Bertz CT molecular complexity index is 138. The molecule has 0 heterocycles. The summed E-state index contributed by atoms with van der Waals surface area (Å²) >= 11 is 0. The monoisotopic (exact) mass is 131 g/mol. The van der Waals surface area contributed by atoms with Crippen LogP contribution >= 0.6 is 0 Å². The maximum Gasteiger partial charge on any atom is 0.00394 e. The van der Waals surface area contributed by atoms with E-state index in [2.05, 4.69) is 25.2 Å². The third-order valence-corrected chi connectivity index (χ3v) is 2.50. The second-order valence-electron chi connectivity index (χ2n) is 2.34. The molecule has 1 atom stereocenters. The van der Waals surface area contributed by atoms with Gasteiger partial charge in [-0.05, 0) is 12.8 Å². The zero-order valence-corrected chi connectivity index (χ0v) is 8.52. The van der Waals surface area contributed by atoms with Crippen LogP contribution in [0.1, 0.15) is 6.92 Å². The van der Waals surface area contributed by atoms with Crippen molar-refractivity contribution < 1.29 is 0 Å². The molecule has 0 aromatic heterocycles. The summed E-state index contributed by atoms with van der Waals surface area (Å²) in [5, 5.41) is 0. The van der Waals surface area contributed by atoms with Crippen molar-refractivity contribution in [3.05, 3.63) is 23.8 Å². The maximum absolute atomic E-state index is 2.34. The number of rotatable bonds is 1. The van der Waals surface area contributed by atoms with E-state index >= 15 is 0 Å². The molecule has 1 rings (SSSR count). The van der Waals surface area contributed by atoms with Gasteiger partial charge < -0.3 is 0 Å². The summed E-state index contributed by atoms with van der Waals surface area (Å²) in [5.41, 5.74) is 1.44. The van der Waals surface area contributed by atoms with Crippen LogP contribution in [-0.4, -0.2) is 29.1 Å². The van der Waals surface area contributed by atoms with Crippen LogP contribution in [0.25, 0.3) is 0 Å². The SMILES string of the molecule is CC1=CC(C[SiH3])C=C1.[Li]. The van der Waals surface area contributed by atoms with Gasteiger partial charge in [-0.2, -0.15) is 0 Å². The van der Waals surface area contributed by atoms with Gasteiger partial charge in [0.2, 0.25) is 0 Å². The van der Waals surface area contributed by atoms with Crippen molar-refractivity contribution in [2.24, 2.45) is 5.92 Å². The Morgan fingerprint density at radius 2 is 2.33 bits per heavy atom. The van der Waals surface area contributed by atoms with Gasteiger partial charge in [-0.3, -0.25) is 0 Å². The first-order valence-electron chi connectivity index (χ1n) is 3.19. The van der Waals surface area contributed by atoms with Gasteiger partial charge in [-0.25, -0.2) is 0 Å². The van der Waals surface area contributed by atoms with E-state index in [-0.39, 0.29) is 18.9 Å². The summed E-state index contributed by atoms with van der Waals surface area (Å²) in [5.74, 6) is 0.793. The number of hydrogen-bond acceptors (Lipinski definition) is 0. The molecule has 0 aliphatic heterocycles. The molecule has 0 fully saturated rings. The van der Waals surface area contributed by atoms with Crippen LogP contribution in [-0.2, 0) is 0 Å². The molecule has 0 saturated carbocycles. The van der Waals surface area contributed by atoms with Gasteiger partial charge in [0.05, 0.1) is 0 Å². The molecule has 1 aliphatic rings. The molecule has 0 saturated heterocycles. The molecule has 1 aliphatic carbocycles. The molecule has 0 nitrogen and oxygen atoms in total. The standard InChI is InChI=1S/C7H12Si.Li/c1-6-2-3-7(4-6)5-8;/h2-4,7H,5H2,1,8H3;. The van der Waals surface area contributed by atoms with Gasteiger partial charge in [-0.1, -0.05) is 29.8 Å². The van der Waals surface area contributed by atoms with Crippen molar-refractivity contribution in [1.82, 2.24) is 0 Å². The summed E-state index contributed by atoms with van der Waals surface area (Å²) in [6.45, 7) is 2.16. The Labute approximate surface area is 72.0 Å². The molecule has 2 heteroatoms. The normalized spacial score (nSPS) is 23.7. The largest absolute Gasteiger partial charge is 0.0777 e. The summed E-state index contributed by atoms with van der Waals surface area (Å²) < 4.78 is 0. The number of allylic oxidation sites excluding steroid dienone is 4. The topological polar surface area (TPSA) is 0 Å². The van der Waals surface area contributed by atoms with Crippen molar-refractivity contribution in [1.29, 1.82) is 0 Å². The predicted octanol–water partition coefficient (Wildman–Crippen LogP) is 0.522. The van der Waals surface area contributed by atoms with Gasteiger partial charge in [0.1, 0.15) is 0 Å². The van der Waals surface area contributed by atoms with Crippen LogP contribution in [0.3, 0.4) is 0 Å². The molecule has 0 bridgehead atoms. The average Bonchev–Trinajstić information content (AvgIpc) is 2.14. The fraction of sp³-hybridized carbons (Fsp3) is 0.429. The zero-order chi connectivity index (χ0) is 5.98. The molecule has 1 unspecified atom stereocenters. The predicted molar refractivity (Wildman–Crippen MR) is 46.9 cm³/mol. The van der Waals surface area contributed by atoms with Crippen LogP contribution in [0.5, 0.6) is 0 Å². The summed E-state index contributed by atoms with van der Waals surface area (Å²) in [6.07, 6.45) is 6.85. The molecule has 1 radical (unpaired) electrons. The zero-order valence-electron chi connectivity index (χ0n) is 6.52. The van der Waals surface area contributed by atoms with Gasteiger partial charge >= 0.3 is 0 Å². The van der Waals surface area contributed by atoms with Crippen molar-refractivity contribution in [3.8, 4) is 0 Å². The van der Waals surface area contributed by atoms with E-state index in [0.29, 0.717) is 0 Å². The third-order valence-electron chi connectivity index (χ3n) is 1.55. The first-order valence-corrected chi connectivity index (χ1v) is 4.61. The third kappa shape index (κ3) is 2.58. The van der Waals surface area contributed by atoms with Crippen molar-refractivity contribution in [2.45, 2.75) is 13.0 Å². The van der Waals surface area contributed by atoms with Gasteiger partial charge in [-0.15, -0.1) is 0 Å². The first-order chi connectivity index (χ1) is 3.83. The van der Waals surface area contributed by atoms with E-state index < -0.39 is 0 Å². The van der Waals surface area contributed by atoms with Crippen LogP contribution in [0.4, 0.5) is 0 Å². The van der Waals surface area contributed by atoms with Crippen LogP contribution in [0.2, 0.25) is 6.04 Å². The van der Waals surface area contributed by atoms with Gasteiger partial charge in [0.25, 0.3) is 0 Å².